The van der Waals surface area contributed by atoms with Crippen LogP contribution in [0.3, 0.4) is 0 Å². The molecule has 0 fully saturated rings. The lowest BCUT2D eigenvalue weighted by atomic mass is 9.93. The molecule has 0 spiro atoms. The molecule has 0 radical (unpaired) electrons. The summed E-state index contributed by atoms with van der Waals surface area (Å²) in [5.41, 5.74) is 0.912. The van der Waals surface area contributed by atoms with E-state index in [-0.39, 0.29) is 0 Å². The van der Waals surface area contributed by atoms with Crippen LogP contribution in [0.25, 0.3) is 0 Å². The second kappa shape index (κ2) is 4.30. The van der Waals surface area contributed by atoms with Crippen LogP contribution in [0.5, 0.6) is 0 Å². The molecule has 0 amide bonds. The third kappa shape index (κ3) is 2.71. The molecule has 0 aliphatic carbocycles. The standard InChI is InChI=1S/C11H15ClO2/c1-11(2,13)10-5-4-9(12)6-8(10)7-14-3/h4-6,13H,7H2,1-3H3. The number of halogens is 1. The van der Waals surface area contributed by atoms with Crippen LogP contribution in [0.15, 0.2) is 18.2 Å². The van der Waals surface area contributed by atoms with Crippen molar-refractivity contribution in [2.24, 2.45) is 0 Å². The van der Waals surface area contributed by atoms with Gasteiger partial charge in [0.25, 0.3) is 0 Å². The summed E-state index contributed by atoms with van der Waals surface area (Å²) in [6.45, 7) is 3.95. The Kier molecular flexibility index (Phi) is 3.53. The van der Waals surface area contributed by atoms with E-state index in [9.17, 15) is 5.11 Å². The number of rotatable bonds is 3. The molecule has 3 heteroatoms. The Hall–Kier alpha value is -0.570. The predicted octanol–water partition coefficient (Wildman–Crippen LogP) is 2.71. The van der Waals surface area contributed by atoms with Crippen molar-refractivity contribution >= 4 is 11.6 Å². The van der Waals surface area contributed by atoms with Gasteiger partial charge in [-0.1, -0.05) is 17.7 Å². The molecule has 0 aromatic heterocycles. The van der Waals surface area contributed by atoms with E-state index in [0.29, 0.717) is 11.6 Å². The molecule has 0 saturated carbocycles. The minimum atomic E-state index is -0.863. The van der Waals surface area contributed by atoms with E-state index in [0.717, 1.165) is 11.1 Å². The number of hydrogen-bond acceptors (Lipinski definition) is 2. The van der Waals surface area contributed by atoms with Crippen LogP contribution in [-0.2, 0) is 16.9 Å². The predicted molar refractivity (Wildman–Crippen MR) is 57.4 cm³/mol. The normalized spacial score (nSPS) is 11.8. The van der Waals surface area contributed by atoms with E-state index in [1.54, 1.807) is 27.0 Å². The zero-order valence-corrected chi connectivity index (χ0v) is 9.43. The molecule has 1 aromatic rings. The van der Waals surface area contributed by atoms with E-state index < -0.39 is 5.60 Å². The van der Waals surface area contributed by atoms with Gasteiger partial charge in [0, 0.05) is 12.1 Å². The first-order valence-electron chi connectivity index (χ1n) is 4.45. The van der Waals surface area contributed by atoms with Crippen molar-refractivity contribution < 1.29 is 9.84 Å². The fourth-order valence-electron chi connectivity index (χ4n) is 1.43. The summed E-state index contributed by atoms with van der Waals surface area (Å²) in [4.78, 5) is 0. The SMILES string of the molecule is COCc1cc(Cl)ccc1C(C)(C)O. The lowest BCUT2D eigenvalue weighted by molar-refractivity contribution is 0.0747. The molecule has 2 nitrogen and oxygen atoms in total. The van der Waals surface area contributed by atoms with E-state index in [4.69, 9.17) is 16.3 Å². The highest BCUT2D eigenvalue weighted by Gasteiger charge is 2.19. The lowest BCUT2D eigenvalue weighted by Gasteiger charge is -2.21. The molecule has 0 saturated heterocycles. The average Bonchev–Trinajstić information content (AvgIpc) is 2.02. The Balaban J connectivity index is 3.15. The van der Waals surface area contributed by atoms with Crippen LogP contribution in [0.1, 0.15) is 25.0 Å². The molecule has 0 aliphatic heterocycles. The molecule has 1 rings (SSSR count). The van der Waals surface area contributed by atoms with Crippen molar-refractivity contribution in [2.75, 3.05) is 7.11 Å². The maximum absolute atomic E-state index is 9.89. The zero-order valence-electron chi connectivity index (χ0n) is 8.67. The molecule has 14 heavy (non-hydrogen) atoms. The topological polar surface area (TPSA) is 29.5 Å². The third-order valence-electron chi connectivity index (χ3n) is 2.03. The first-order chi connectivity index (χ1) is 6.45. The number of ether oxygens (including phenoxy) is 1. The van der Waals surface area contributed by atoms with Gasteiger partial charge in [0.2, 0.25) is 0 Å². The van der Waals surface area contributed by atoms with E-state index in [2.05, 4.69) is 0 Å². The van der Waals surface area contributed by atoms with Gasteiger partial charge < -0.3 is 9.84 Å². The maximum Gasteiger partial charge on any atom is 0.0844 e. The quantitative estimate of drug-likeness (QED) is 0.839. The smallest absolute Gasteiger partial charge is 0.0844 e. The second-order valence-corrected chi connectivity index (χ2v) is 4.23. The van der Waals surface area contributed by atoms with Gasteiger partial charge in [0.05, 0.1) is 12.2 Å². The number of aliphatic hydroxyl groups is 1. The minimum Gasteiger partial charge on any atom is -0.386 e. The van der Waals surface area contributed by atoms with Crippen LogP contribution in [-0.4, -0.2) is 12.2 Å². The van der Waals surface area contributed by atoms with E-state index in [1.807, 2.05) is 12.1 Å². The van der Waals surface area contributed by atoms with Crippen LogP contribution < -0.4 is 0 Å². The summed E-state index contributed by atoms with van der Waals surface area (Å²) in [7, 11) is 1.62. The first kappa shape index (κ1) is 11.5. The Morgan fingerprint density at radius 1 is 1.43 bits per heavy atom. The number of hydrogen-bond donors (Lipinski definition) is 1. The Labute approximate surface area is 89.5 Å². The van der Waals surface area contributed by atoms with Crippen LogP contribution >= 0.6 is 11.6 Å². The van der Waals surface area contributed by atoms with Gasteiger partial charge in [-0.25, -0.2) is 0 Å². The molecule has 78 valence electrons. The summed E-state index contributed by atoms with van der Waals surface area (Å²) in [5, 5.41) is 10.5. The summed E-state index contributed by atoms with van der Waals surface area (Å²) in [6, 6.07) is 5.42. The Bertz CT molecular complexity index is 316. The Morgan fingerprint density at radius 3 is 2.57 bits per heavy atom. The summed E-state index contributed by atoms with van der Waals surface area (Å²) < 4.78 is 5.05. The van der Waals surface area contributed by atoms with Crippen LogP contribution in [0.4, 0.5) is 0 Å². The summed E-state index contributed by atoms with van der Waals surface area (Å²) in [6.07, 6.45) is 0. The largest absolute Gasteiger partial charge is 0.386 e. The molecule has 1 aromatic carbocycles. The second-order valence-electron chi connectivity index (χ2n) is 3.79. The zero-order chi connectivity index (χ0) is 10.8. The maximum atomic E-state index is 9.89. The third-order valence-corrected chi connectivity index (χ3v) is 2.26. The van der Waals surface area contributed by atoms with Gasteiger partial charge in [0.15, 0.2) is 0 Å². The van der Waals surface area contributed by atoms with E-state index in [1.165, 1.54) is 0 Å². The van der Waals surface area contributed by atoms with Crippen molar-refractivity contribution in [3.05, 3.63) is 34.3 Å². The lowest BCUT2D eigenvalue weighted by Crippen LogP contribution is -2.18. The van der Waals surface area contributed by atoms with Gasteiger partial charge in [0.1, 0.15) is 0 Å². The molecule has 0 unspecified atom stereocenters. The van der Waals surface area contributed by atoms with Gasteiger partial charge in [-0.15, -0.1) is 0 Å². The van der Waals surface area contributed by atoms with Gasteiger partial charge >= 0.3 is 0 Å². The van der Waals surface area contributed by atoms with Crippen LogP contribution in [0.2, 0.25) is 5.02 Å². The molecular formula is C11H15ClO2. The fourth-order valence-corrected chi connectivity index (χ4v) is 1.63. The first-order valence-corrected chi connectivity index (χ1v) is 4.83. The van der Waals surface area contributed by atoms with E-state index >= 15 is 0 Å². The number of benzene rings is 1. The Morgan fingerprint density at radius 2 is 2.07 bits per heavy atom. The molecule has 0 atom stereocenters. The highest BCUT2D eigenvalue weighted by molar-refractivity contribution is 6.30. The minimum absolute atomic E-state index is 0.458. The van der Waals surface area contributed by atoms with Crippen molar-refractivity contribution in [3.63, 3.8) is 0 Å². The van der Waals surface area contributed by atoms with Crippen LogP contribution in [0, 0.1) is 0 Å². The van der Waals surface area contributed by atoms with Crippen molar-refractivity contribution in [3.8, 4) is 0 Å². The van der Waals surface area contributed by atoms with Crippen molar-refractivity contribution in [2.45, 2.75) is 26.1 Å². The highest BCUT2D eigenvalue weighted by Crippen LogP contribution is 2.26. The van der Waals surface area contributed by atoms with Gasteiger partial charge in [-0.3, -0.25) is 0 Å². The molecule has 1 N–H and O–H groups in total. The monoisotopic (exact) mass is 214 g/mol. The summed E-state index contributed by atoms with van der Waals surface area (Å²) >= 11 is 5.87. The fraction of sp³-hybridized carbons (Fsp3) is 0.455. The summed E-state index contributed by atoms with van der Waals surface area (Å²) in [5.74, 6) is 0. The van der Waals surface area contributed by atoms with Crippen molar-refractivity contribution in [1.82, 2.24) is 0 Å². The van der Waals surface area contributed by atoms with Gasteiger partial charge in [-0.05, 0) is 37.1 Å². The van der Waals surface area contributed by atoms with Crippen molar-refractivity contribution in [1.29, 1.82) is 0 Å². The molecule has 0 heterocycles. The molecular weight excluding hydrogens is 200 g/mol. The number of methoxy groups -OCH3 is 1. The molecule has 0 bridgehead atoms. The highest BCUT2D eigenvalue weighted by atomic mass is 35.5. The average molecular weight is 215 g/mol. The molecule has 0 aliphatic rings. The van der Waals surface area contributed by atoms with Gasteiger partial charge in [-0.2, -0.15) is 0 Å².